The van der Waals surface area contributed by atoms with Crippen molar-refractivity contribution in [2.75, 3.05) is 0 Å². The predicted molar refractivity (Wildman–Crippen MR) is 85.2 cm³/mol. The number of nitrogens with one attached hydrogen (secondary N) is 1. The molecule has 2 nitrogen and oxygen atoms in total. The van der Waals surface area contributed by atoms with Gasteiger partial charge in [0.1, 0.15) is 0 Å². The molecule has 21 heavy (non-hydrogen) atoms. The smallest absolute Gasteiger partial charge is 0.0729 e. The van der Waals surface area contributed by atoms with Crippen molar-refractivity contribution >= 4 is 10.9 Å². The molecular weight excluding hydrogens is 258 g/mol. The van der Waals surface area contributed by atoms with Crippen molar-refractivity contribution in [2.24, 2.45) is 0 Å². The second-order valence-electron chi connectivity index (χ2n) is 5.99. The minimum Gasteiger partial charge on any atom is -0.370 e. The first kappa shape index (κ1) is 12.7. The van der Waals surface area contributed by atoms with E-state index < -0.39 is 0 Å². The molecule has 0 aliphatic heterocycles. The van der Waals surface area contributed by atoms with E-state index in [0.29, 0.717) is 6.61 Å². The third kappa shape index (κ3) is 2.59. The summed E-state index contributed by atoms with van der Waals surface area (Å²) < 4.78 is 6.25. The van der Waals surface area contributed by atoms with Gasteiger partial charge >= 0.3 is 0 Å². The summed E-state index contributed by atoms with van der Waals surface area (Å²) in [5.74, 6) is 0. The Kier molecular flexibility index (Phi) is 3.04. The van der Waals surface area contributed by atoms with Crippen molar-refractivity contribution in [3.63, 3.8) is 0 Å². The van der Waals surface area contributed by atoms with E-state index in [-0.39, 0.29) is 5.60 Å². The molecule has 1 aliphatic carbocycles. The molecule has 4 rings (SSSR count). The fourth-order valence-corrected chi connectivity index (χ4v) is 2.97. The fourth-order valence-electron chi connectivity index (χ4n) is 2.97. The second-order valence-corrected chi connectivity index (χ2v) is 5.99. The zero-order valence-corrected chi connectivity index (χ0v) is 12.0. The topological polar surface area (TPSA) is 25.0 Å². The molecule has 1 fully saturated rings. The maximum Gasteiger partial charge on any atom is 0.0729 e. The minimum absolute atomic E-state index is 0.0569. The van der Waals surface area contributed by atoms with Gasteiger partial charge in [0.05, 0.1) is 12.2 Å². The highest BCUT2D eigenvalue weighted by atomic mass is 16.5. The Hall–Kier alpha value is -2.06. The monoisotopic (exact) mass is 277 g/mol. The lowest BCUT2D eigenvalue weighted by Gasteiger charge is -2.17. The van der Waals surface area contributed by atoms with Crippen LogP contribution in [0.15, 0.2) is 60.8 Å². The van der Waals surface area contributed by atoms with Gasteiger partial charge in [-0.25, -0.2) is 0 Å². The molecule has 0 bridgehead atoms. The Morgan fingerprint density at radius 1 is 0.952 bits per heavy atom. The van der Waals surface area contributed by atoms with Crippen LogP contribution in [0.1, 0.15) is 24.0 Å². The molecule has 1 aliphatic rings. The van der Waals surface area contributed by atoms with Crippen LogP contribution >= 0.6 is 0 Å². The van der Waals surface area contributed by atoms with Crippen molar-refractivity contribution < 1.29 is 4.74 Å². The largest absolute Gasteiger partial charge is 0.370 e. The summed E-state index contributed by atoms with van der Waals surface area (Å²) in [7, 11) is 0. The van der Waals surface area contributed by atoms with Gasteiger partial charge in [-0.05, 0) is 36.1 Å². The predicted octanol–water partition coefficient (Wildman–Crippen LogP) is 4.46. The van der Waals surface area contributed by atoms with Crippen LogP contribution in [0.2, 0.25) is 0 Å². The Morgan fingerprint density at radius 2 is 1.81 bits per heavy atom. The van der Waals surface area contributed by atoms with Gasteiger partial charge in [0, 0.05) is 23.5 Å². The van der Waals surface area contributed by atoms with E-state index in [2.05, 4.69) is 53.5 Å². The number of hydrogen-bond donors (Lipinski definition) is 1. The van der Waals surface area contributed by atoms with Crippen LogP contribution < -0.4 is 0 Å². The van der Waals surface area contributed by atoms with Crippen LogP contribution in [-0.2, 0) is 17.8 Å². The van der Waals surface area contributed by atoms with Gasteiger partial charge in [-0.3, -0.25) is 0 Å². The molecular formula is C19H19NO. The molecule has 2 aromatic carbocycles. The first-order chi connectivity index (χ1) is 10.3. The highest BCUT2D eigenvalue weighted by molar-refractivity contribution is 5.83. The lowest BCUT2D eigenvalue weighted by atomic mass is 10.0. The maximum absolute atomic E-state index is 6.25. The maximum atomic E-state index is 6.25. The number of benzene rings is 2. The van der Waals surface area contributed by atoms with E-state index in [1.54, 1.807) is 0 Å². The van der Waals surface area contributed by atoms with Crippen molar-refractivity contribution in [3.8, 4) is 0 Å². The van der Waals surface area contributed by atoms with E-state index >= 15 is 0 Å². The summed E-state index contributed by atoms with van der Waals surface area (Å²) in [6.07, 6.45) is 5.36. The molecule has 1 heterocycles. The van der Waals surface area contributed by atoms with Crippen LogP contribution in [0, 0.1) is 0 Å². The van der Waals surface area contributed by atoms with Crippen molar-refractivity contribution in [2.45, 2.75) is 31.5 Å². The highest BCUT2D eigenvalue weighted by Crippen LogP contribution is 2.44. The lowest BCUT2D eigenvalue weighted by molar-refractivity contribution is 0.0206. The zero-order chi connectivity index (χ0) is 14.1. The fraction of sp³-hybridized carbons (Fsp3) is 0.263. The Balaban J connectivity index is 1.50. The van der Waals surface area contributed by atoms with Crippen LogP contribution in [0.25, 0.3) is 10.9 Å². The average molecular weight is 277 g/mol. The number of hydrogen-bond acceptors (Lipinski definition) is 1. The molecule has 106 valence electrons. The summed E-state index contributed by atoms with van der Waals surface area (Å²) in [6, 6.07) is 19.1. The van der Waals surface area contributed by atoms with Gasteiger partial charge in [-0.1, -0.05) is 42.5 Å². The van der Waals surface area contributed by atoms with Gasteiger partial charge in [0.15, 0.2) is 0 Å². The van der Waals surface area contributed by atoms with Gasteiger partial charge in [-0.2, -0.15) is 0 Å². The quantitative estimate of drug-likeness (QED) is 0.731. The number of H-pyrrole nitrogens is 1. The van der Waals surface area contributed by atoms with Crippen LogP contribution in [0.4, 0.5) is 0 Å². The molecule has 1 N–H and O–H groups in total. The number of aromatic amines is 1. The minimum atomic E-state index is 0.0569. The molecule has 0 amide bonds. The summed E-state index contributed by atoms with van der Waals surface area (Å²) in [4.78, 5) is 3.28. The summed E-state index contributed by atoms with van der Waals surface area (Å²) >= 11 is 0. The van der Waals surface area contributed by atoms with E-state index in [1.165, 1.54) is 34.9 Å². The Labute approximate surface area is 124 Å². The van der Waals surface area contributed by atoms with Gasteiger partial charge in [0.25, 0.3) is 0 Å². The highest BCUT2D eigenvalue weighted by Gasteiger charge is 2.44. The molecule has 0 spiro atoms. The Morgan fingerprint density at radius 3 is 2.62 bits per heavy atom. The molecule has 1 saturated carbocycles. The number of aromatic nitrogens is 1. The van der Waals surface area contributed by atoms with E-state index in [4.69, 9.17) is 4.74 Å². The van der Waals surface area contributed by atoms with Crippen LogP contribution in [0.3, 0.4) is 0 Å². The zero-order valence-electron chi connectivity index (χ0n) is 12.0. The SMILES string of the molecule is c1ccc(COC2(Cc3cccc4[nH]ccc34)CC2)cc1. The molecule has 0 saturated heterocycles. The molecule has 0 radical (unpaired) electrons. The van der Waals surface area contributed by atoms with Gasteiger partial charge < -0.3 is 9.72 Å². The number of fused-ring (bicyclic) bond motifs is 1. The molecule has 2 heteroatoms. The summed E-state index contributed by atoms with van der Waals surface area (Å²) in [5, 5.41) is 1.33. The van der Waals surface area contributed by atoms with Gasteiger partial charge in [-0.15, -0.1) is 0 Å². The van der Waals surface area contributed by atoms with Crippen molar-refractivity contribution in [1.82, 2.24) is 4.98 Å². The Bertz CT molecular complexity index is 740. The van der Waals surface area contributed by atoms with Crippen molar-refractivity contribution in [1.29, 1.82) is 0 Å². The number of rotatable bonds is 5. The molecule has 1 aromatic heterocycles. The van der Waals surface area contributed by atoms with Crippen molar-refractivity contribution in [3.05, 3.63) is 71.9 Å². The lowest BCUT2D eigenvalue weighted by Crippen LogP contribution is -2.17. The molecule has 0 atom stereocenters. The average Bonchev–Trinajstić information content (AvgIpc) is 3.11. The van der Waals surface area contributed by atoms with Crippen LogP contribution in [-0.4, -0.2) is 10.6 Å². The van der Waals surface area contributed by atoms with Gasteiger partial charge in [0.2, 0.25) is 0 Å². The first-order valence-corrected chi connectivity index (χ1v) is 7.58. The first-order valence-electron chi connectivity index (χ1n) is 7.58. The van der Waals surface area contributed by atoms with E-state index in [0.717, 1.165) is 6.42 Å². The molecule has 3 aromatic rings. The third-order valence-electron chi connectivity index (χ3n) is 4.39. The third-order valence-corrected chi connectivity index (χ3v) is 4.39. The molecule has 0 unspecified atom stereocenters. The van der Waals surface area contributed by atoms with E-state index in [1.807, 2.05) is 12.3 Å². The van der Waals surface area contributed by atoms with E-state index in [9.17, 15) is 0 Å². The summed E-state index contributed by atoms with van der Waals surface area (Å²) in [5.41, 5.74) is 3.91. The number of ether oxygens (including phenoxy) is 1. The second kappa shape index (κ2) is 5.05. The van der Waals surface area contributed by atoms with Crippen LogP contribution in [0.5, 0.6) is 0 Å². The summed E-state index contributed by atoms with van der Waals surface area (Å²) in [6.45, 7) is 0.712. The normalized spacial score (nSPS) is 16.2. The standard InChI is InChI=1S/C19H19NO/c1-2-5-15(6-3-1)14-21-19(10-11-19)13-16-7-4-8-18-17(16)9-12-20-18/h1-9,12,20H,10-11,13-14H2.